The molecule has 1 heterocycles. The molecule has 1 aromatic carbocycles. The van der Waals surface area contributed by atoms with Gasteiger partial charge < -0.3 is 4.84 Å². The van der Waals surface area contributed by atoms with Gasteiger partial charge in [-0.25, -0.2) is 0 Å². The van der Waals surface area contributed by atoms with Gasteiger partial charge in [-0.05, 0) is 31.5 Å². The van der Waals surface area contributed by atoms with Gasteiger partial charge in [-0.2, -0.15) is 4.73 Å². The first-order valence-corrected chi connectivity index (χ1v) is 6.49. The second kappa shape index (κ2) is 5.83. The Morgan fingerprint density at radius 3 is 2.75 bits per heavy atom. The first-order valence-electron chi connectivity index (χ1n) is 6.08. The molecule has 1 unspecified atom stereocenters. The van der Waals surface area contributed by atoms with Crippen molar-refractivity contribution in [3.05, 3.63) is 68.5 Å². The van der Waals surface area contributed by atoms with Crippen molar-refractivity contribution >= 4 is 17.9 Å². The van der Waals surface area contributed by atoms with Crippen molar-refractivity contribution in [3.8, 4) is 0 Å². The monoisotopic (exact) mass is 290 g/mol. The second-order valence-electron chi connectivity index (χ2n) is 4.47. The Kier molecular flexibility index (Phi) is 4.14. The average molecular weight is 290 g/mol. The Bertz CT molecular complexity index is 697. The minimum atomic E-state index is -0.423. The van der Waals surface area contributed by atoms with Crippen molar-refractivity contribution in [2.24, 2.45) is 0 Å². The number of hydrogen-bond donors (Lipinski definition) is 0. The van der Waals surface area contributed by atoms with E-state index in [-0.39, 0.29) is 11.8 Å². The predicted octanol–water partition coefficient (Wildman–Crippen LogP) is 3.62. The molecule has 0 bridgehead atoms. The second-order valence-corrected chi connectivity index (χ2v) is 4.89. The van der Waals surface area contributed by atoms with Gasteiger partial charge in [0.2, 0.25) is 0 Å². The van der Waals surface area contributed by atoms with Gasteiger partial charge in [0.05, 0.1) is 4.92 Å². The molecule has 0 aliphatic carbocycles. The summed E-state index contributed by atoms with van der Waals surface area (Å²) in [5, 5.41) is 10.8. The van der Waals surface area contributed by atoms with Crippen molar-refractivity contribution < 1.29 is 9.76 Å². The highest BCUT2D eigenvalue weighted by atomic mass is 32.1. The van der Waals surface area contributed by atoms with Crippen LogP contribution in [0.25, 0.3) is 0 Å². The van der Waals surface area contributed by atoms with Crippen molar-refractivity contribution in [1.29, 1.82) is 0 Å². The molecule has 104 valence electrons. The lowest BCUT2D eigenvalue weighted by molar-refractivity contribution is -0.385. The van der Waals surface area contributed by atoms with Crippen LogP contribution >= 0.6 is 12.2 Å². The summed E-state index contributed by atoms with van der Waals surface area (Å²) in [6.45, 7) is 3.77. The molecule has 5 nitrogen and oxygen atoms in total. The van der Waals surface area contributed by atoms with Crippen LogP contribution in [0.4, 0.5) is 5.69 Å². The van der Waals surface area contributed by atoms with Gasteiger partial charge in [0.1, 0.15) is 10.7 Å². The summed E-state index contributed by atoms with van der Waals surface area (Å²) >= 11 is 5.20. The van der Waals surface area contributed by atoms with Crippen LogP contribution in [0.2, 0.25) is 0 Å². The van der Waals surface area contributed by atoms with Crippen LogP contribution in [0, 0.1) is 21.7 Å². The molecule has 0 saturated carbocycles. The molecule has 2 aromatic rings. The Hall–Kier alpha value is -2.21. The lowest BCUT2D eigenvalue weighted by Gasteiger charge is -2.16. The number of nitrogens with zero attached hydrogens (tertiary/aromatic N) is 2. The average Bonchev–Trinajstić information content (AvgIpc) is 2.42. The molecule has 1 aromatic heterocycles. The Balaban J connectivity index is 2.23. The van der Waals surface area contributed by atoms with Crippen molar-refractivity contribution in [3.63, 3.8) is 0 Å². The molecule has 2 rings (SSSR count). The highest BCUT2D eigenvalue weighted by molar-refractivity contribution is 7.71. The van der Waals surface area contributed by atoms with Crippen LogP contribution in [0.3, 0.4) is 0 Å². The van der Waals surface area contributed by atoms with E-state index in [4.69, 9.17) is 17.1 Å². The van der Waals surface area contributed by atoms with Crippen LogP contribution in [0.1, 0.15) is 24.2 Å². The van der Waals surface area contributed by atoms with Crippen molar-refractivity contribution in [1.82, 2.24) is 4.73 Å². The highest BCUT2D eigenvalue weighted by Crippen LogP contribution is 2.20. The van der Waals surface area contributed by atoms with E-state index in [1.54, 1.807) is 18.3 Å². The number of non-ortho nitro benzene ring substituents is 1. The summed E-state index contributed by atoms with van der Waals surface area (Å²) in [7, 11) is 0. The molecule has 1 atom stereocenters. The fourth-order valence-electron chi connectivity index (χ4n) is 1.77. The zero-order valence-corrected chi connectivity index (χ0v) is 12.0. The first-order chi connectivity index (χ1) is 9.47. The maximum absolute atomic E-state index is 10.8. The van der Waals surface area contributed by atoms with Crippen LogP contribution < -0.4 is 4.84 Å². The fraction of sp³-hybridized carbons (Fsp3) is 0.214. The number of aromatic nitrogens is 1. The number of benzene rings is 1. The number of hydrogen-bond acceptors (Lipinski definition) is 4. The number of aryl methyl sites for hydroxylation is 1. The van der Waals surface area contributed by atoms with Gasteiger partial charge in [0.25, 0.3) is 5.69 Å². The van der Waals surface area contributed by atoms with Gasteiger partial charge in [0.15, 0.2) is 0 Å². The quantitative estimate of drug-likeness (QED) is 0.490. The summed E-state index contributed by atoms with van der Waals surface area (Å²) in [6, 6.07) is 10.1. The van der Waals surface area contributed by atoms with Crippen molar-refractivity contribution in [2.75, 3.05) is 0 Å². The molecular weight excluding hydrogens is 276 g/mol. The summed E-state index contributed by atoms with van der Waals surface area (Å²) in [6.07, 6.45) is 1.40. The predicted molar refractivity (Wildman–Crippen MR) is 78.1 cm³/mol. The molecule has 6 heteroatoms. The number of nitro groups is 1. The topological polar surface area (TPSA) is 57.3 Å². The smallest absolute Gasteiger partial charge is 0.269 e. The maximum Gasteiger partial charge on any atom is 0.269 e. The summed E-state index contributed by atoms with van der Waals surface area (Å²) < 4.78 is 2.05. The Labute approximate surface area is 121 Å². The summed E-state index contributed by atoms with van der Waals surface area (Å²) in [4.78, 5) is 16.1. The molecule has 0 saturated heterocycles. The van der Waals surface area contributed by atoms with Gasteiger partial charge in [-0.3, -0.25) is 10.1 Å². The zero-order valence-electron chi connectivity index (χ0n) is 11.1. The number of pyridine rings is 1. The SMILES string of the molecule is Cc1ccn(OC(C)c2cccc([N+](=O)[O-])c2)c(=S)c1. The lowest BCUT2D eigenvalue weighted by Crippen LogP contribution is -2.16. The van der Waals surface area contributed by atoms with Crippen LogP contribution in [0.15, 0.2) is 42.6 Å². The molecule has 0 N–H and O–H groups in total. The Morgan fingerprint density at radius 1 is 1.35 bits per heavy atom. The molecule has 0 amide bonds. The molecular formula is C14H14N2O3S. The van der Waals surface area contributed by atoms with Crippen LogP contribution in [-0.2, 0) is 0 Å². The Morgan fingerprint density at radius 2 is 2.10 bits per heavy atom. The third-order valence-electron chi connectivity index (χ3n) is 2.86. The van der Waals surface area contributed by atoms with E-state index >= 15 is 0 Å². The molecule has 0 fully saturated rings. The maximum atomic E-state index is 10.8. The van der Waals surface area contributed by atoms with Gasteiger partial charge in [-0.1, -0.05) is 24.4 Å². The van der Waals surface area contributed by atoms with Crippen LogP contribution in [0.5, 0.6) is 0 Å². The van der Waals surface area contributed by atoms with Gasteiger partial charge in [0, 0.05) is 23.9 Å². The third kappa shape index (κ3) is 3.21. The standard InChI is InChI=1S/C14H14N2O3S/c1-10-6-7-15(14(20)8-10)19-11(2)12-4-3-5-13(9-12)16(17)18/h3-9,11H,1-2H3. The number of rotatable bonds is 4. The summed E-state index contributed by atoms with van der Waals surface area (Å²) in [5.74, 6) is 0. The molecule has 0 spiro atoms. The zero-order chi connectivity index (χ0) is 14.7. The van der Waals surface area contributed by atoms with Gasteiger partial charge in [-0.15, -0.1) is 0 Å². The molecule has 0 radical (unpaired) electrons. The van der Waals surface area contributed by atoms with E-state index in [0.29, 0.717) is 4.64 Å². The van der Waals surface area contributed by atoms with E-state index < -0.39 is 4.92 Å². The van der Waals surface area contributed by atoms with E-state index in [2.05, 4.69) is 0 Å². The van der Waals surface area contributed by atoms with E-state index in [1.165, 1.54) is 16.9 Å². The molecule has 0 aliphatic rings. The normalized spacial score (nSPS) is 11.9. The van der Waals surface area contributed by atoms with Crippen molar-refractivity contribution in [2.45, 2.75) is 20.0 Å². The summed E-state index contributed by atoms with van der Waals surface area (Å²) in [5.41, 5.74) is 1.82. The largest absolute Gasteiger partial charge is 0.405 e. The third-order valence-corrected chi connectivity index (χ3v) is 3.16. The van der Waals surface area contributed by atoms with Crippen LogP contribution in [-0.4, -0.2) is 9.65 Å². The molecule has 0 aliphatic heterocycles. The lowest BCUT2D eigenvalue weighted by atomic mass is 10.1. The first kappa shape index (κ1) is 14.2. The fourth-order valence-corrected chi connectivity index (χ4v) is 2.06. The van der Waals surface area contributed by atoms with Gasteiger partial charge >= 0.3 is 0 Å². The van der Waals surface area contributed by atoms with E-state index in [9.17, 15) is 10.1 Å². The highest BCUT2D eigenvalue weighted by Gasteiger charge is 2.12. The van der Waals surface area contributed by atoms with E-state index in [0.717, 1.165) is 11.1 Å². The van der Waals surface area contributed by atoms with E-state index in [1.807, 2.05) is 26.0 Å². The number of nitro benzene ring substituents is 1. The minimum absolute atomic E-state index is 0.0467. The molecule has 20 heavy (non-hydrogen) atoms. The minimum Gasteiger partial charge on any atom is -0.405 e.